The van der Waals surface area contributed by atoms with Crippen molar-refractivity contribution in [3.8, 4) is 17.2 Å². The number of benzene rings is 2. The van der Waals surface area contributed by atoms with E-state index in [1.165, 1.54) is 0 Å². The number of rotatable bonds is 7. The quantitative estimate of drug-likeness (QED) is 0.573. The first kappa shape index (κ1) is 20.7. The van der Waals surface area contributed by atoms with E-state index in [-0.39, 0.29) is 18.4 Å². The summed E-state index contributed by atoms with van der Waals surface area (Å²) in [5.41, 5.74) is 0.530. The summed E-state index contributed by atoms with van der Waals surface area (Å²) >= 11 is 0. The van der Waals surface area contributed by atoms with Crippen molar-refractivity contribution in [3.63, 3.8) is 0 Å². The van der Waals surface area contributed by atoms with Crippen molar-refractivity contribution >= 4 is 5.91 Å². The number of hydrogen-bond donors (Lipinski definition) is 0. The van der Waals surface area contributed by atoms with Crippen LogP contribution in [-0.2, 0) is 6.61 Å². The number of carbonyl (C=O) groups excluding carboxylic acids is 1. The number of para-hydroxylation sites is 1. The highest BCUT2D eigenvalue weighted by atomic mass is 16.5. The van der Waals surface area contributed by atoms with Crippen LogP contribution in [0.5, 0.6) is 17.2 Å². The molecule has 31 heavy (non-hydrogen) atoms. The van der Waals surface area contributed by atoms with Gasteiger partial charge >= 0.3 is 0 Å². The molecule has 1 aliphatic heterocycles. The standard InChI is InChI=1S/C23H25N3O5/c1-28-19-11-17(12-20(13-19)29-2)23(27)26-10-6-7-16(14-26)22-24-21(31-25-22)15-30-18-8-4-3-5-9-18/h3-5,8-9,11-13,16H,6-7,10,14-15H2,1-2H3. The first-order chi connectivity index (χ1) is 15.2. The van der Waals surface area contributed by atoms with Crippen molar-refractivity contribution in [2.24, 2.45) is 0 Å². The summed E-state index contributed by atoms with van der Waals surface area (Å²) in [4.78, 5) is 19.4. The molecule has 3 aromatic rings. The van der Waals surface area contributed by atoms with Crippen molar-refractivity contribution in [3.05, 3.63) is 65.8 Å². The zero-order valence-corrected chi connectivity index (χ0v) is 17.6. The molecule has 1 aliphatic rings. The summed E-state index contributed by atoms with van der Waals surface area (Å²) in [6.07, 6.45) is 1.76. The van der Waals surface area contributed by atoms with E-state index in [1.54, 1.807) is 32.4 Å². The maximum Gasteiger partial charge on any atom is 0.264 e. The van der Waals surface area contributed by atoms with E-state index in [2.05, 4.69) is 10.1 Å². The highest BCUT2D eigenvalue weighted by Gasteiger charge is 2.29. The topological polar surface area (TPSA) is 86.9 Å². The van der Waals surface area contributed by atoms with Gasteiger partial charge in [-0.25, -0.2) is 0 Å². The normalized spacial score (nSPS) is 16.1. The summed E-state index contributed by atoms with van der Waals surface area (Å²) in [6.45, 7) is 1.41. The Morgan fingerprint density at radius 2 is 1.84 bits per heavy atom. The first-order valence-electron chi connectivity index (χ1n) is 10.2. The van der Waals surface area contributed by atoms with Crippen LogP contribution in [0.2, 0.25) is 0 Å². The number of aromatic nitrogens is 2. The Balaban J connectivity index is 1.42. The first-order valence-corrected chi connectivity index (χ1v) is 10.2. The Hall–Kier alpha value is -3.55. The van der Waals surface area contributed by atoms with Crippen molar-refractivity contribution in [2.45, 2.75) is 25.4 Å². The molecule has 0 N–H and O–H groups in total. The smallest absolute Gasteiger partial charge is 0.264 e. The van der Waals surface area contributed by atoms with Crippen molar-refractivity contribution < 1.29 is 23.5 Å². The Bertz CT molecular complexity index is 999. The number of amides is 1. The molecule has 162 valence electrons. The molecule has 2 heterocycles. The summed E-state index contributed by atoms with van der Waals surface area (Å²) in [7, 11) is 3.13. The second kappa shape index (κ2) is 9.51. The zero-order valence-electron chi connectivity index (χ0n) is 17.6. The molecule has 4 rings (SSSR count). The Morgan fingerprint density at radius 1 is 1.10 bits per heavy atom. The third kappa shape index (κ3) is 4.96. The minimum atomic E-state index is -0.0713. The third-order valence-electron chi connectivity index (χ3n) is 5.26. The molecule has 8 nitrogen and oxygen atoms in total. The zero-order chi connectivity index (χ0) is 21.6. The maximum absolute atomic E-state index is 13.1. The number of hydrogen-bond acceptors (Lipinski definition) is 7. The monoisotopic (exact) mass is 423 g/mol. The van der Waals surface area contributed by atoms with Crippen LogP contribution in [-0.4, -0.2) is 48.3 Å². The van der Waals surface area contributed by atoms with E-state index in [0.717, 1.165) is 18.6 Å². The second-order valence-electron chi connectivity index (χ2n) is 7.34. The lowest BCUT2D eigenvalue weighted by Crippen LogP contribution is -2.39. The molecule has 1 saturated heterocycles. The van der Waals surface area contributed by atoms with Gasteiger partial charge in [0, 0.05) is 30.6 Å². The summed E-state index contributed by atoms with van der Waals surface area (Å²) < 4.78 is 21.6. The van der Waals surface area contributed by atoms with Crippen LogP contribution in [0.1, 0.15) is 40.8 Å². The predicted molar refractivity (Wildman–Crippen MR) is 112 cm³/mol. The fourth-order valence-electron chi connectivity index (χ4n) is 3.64. The van der Waals surface area contributed by atoms with E-state index >= 15 is 0 Å². The van der Waals surface area contributed by atoms with Crippen LogP contribution in [0.4, 0.5) is 0 Å². The second-order valence-corrected chi connectivity index (χ2v) is 7.34. The molecule has 0 radical (unpaired) electrons. The molecule has 2 aromatic carbocycles. The van der Waals surface area contributed by atoms with Crippen molar-refractivity contribution in [1.29, 1.82) is 0 Å². The van der Waals surface area contributed by atoms with Gasteiger partial charge in [0.2, 0.25) is 0 Å². The molecule has 0 saturated carbocycles. The van der Waals surface area contributed by atoms with Crippen LogP contribution in [0.25, 0.3) is 0 Å². The number of nitrogens with zero attached hydrogens (tertiary/aromatic N) is 3. The summed E-state index contributed by atoms with van der Waals surface area (Å²) in [6, 6.07) is 14.7. The lowest BCUT2D eigenvalue weighted by molar-refractivity contribution is 0.0703. The molecule has 1 unspecified atom stereocenters. The number of likely N-dealkylation sites (tertiary alicyclic amines) is 1. The fraction of sp³-hybridized carbons (Fsp3) is 0.348. The van der Waals surface area contributed by atoms with Crippen LogP contribution in [0, 0.1) is 0 Å². The van der Waals surface area contributed by atoms with E-state index in [4.69, 9.17) is 18.7 Å². The Kier molecular flexibility index (Phi) is 6.35. The van der Waals surface area contributed by atoms with Crippen LogP contribution < -0.4 is 14.2 Å². The molecule has 1 amide bonds. The van der Waals surface area contributed by atoms with Gasteiger partial charge in [0.05, 0.1) is 14.2 Å². The van der Waals surface area contributed by atoms with Gasteiger partial charge in [0.1, 0.15) is 17.2 Å². The van der Waals surface area contributed by atoms with Crippen molar-refractivity contribution in [1.82, 2.24) is 15.0 Å². The van der Waals surface area contributed by atoms with Gasteiger partial charge in [0.15, 0.2) is 12.4 Å². The van der Waals surface area contributed by atoms with E-state index in [0.29, 0.717) is 41.9 Å². The molecule has 1 fully saturated rings. The van der Waals surface area contributed by atoms with E-state index in [1.807, 2.05) is 35.2 Å². The van der Waals surface area contributed by atoms with Crippen LogP contribution in [0.15, 0.2) is 53.1 Å². The molecule has 0 bridgehead atoms. The van der Waals surface area contributed by atoms with Gasteiger partial charge in [-0.1, -0.05) is 23.4 Å². The molecular formula is C23H25N3O5. The average Bonchev–Trinajstić information content (AvgIpc) is 3.32. The summed E-state index contributed by atoms with van der Waals surface area (Å²) in [5, 5.41) is 4.13. The fourth-order valence-corrected chi connectivity index (χ4v) is 3.64. The van der Waals surface area contributed by atoms with Gasteiger partial charge in [-0.15, -0.1) is 0 Å². The highest BCUT2D eigenvalue weighted by Crippen LogP contribution is 2.28. The predicted octanol–water partition coefficient (Wildman–Crippen LogP) is 3.69. The molecule has 8 heteroatoms. The lowest BCUT2D eigenvalue weighted by atomic mass is 9.96. The van der Waals surface area contributed by atoms with Crippen LogP contribution in [0.3, 0.4) is 0 Å². The van der Waals surface area contributed by atoms with Gasteiger partial charge in [0.25, 0.3) is 11.8 Å². The van der Waals surface area contributed by atoms with Gasteiger partial charge in [-0.3, -0.25) is 4.79 Å². The molecule has 0 spiro atoms. The maximum atomic E-state index is 13.1. The van der Waals surface area contributed by atoms with Crippen LogP contribution >= 0.6 is 0 Å². The van der Waals surface area contributed by atoms with E-state index in [9.17, 15) is 4.79 Å². The van der Waals surface area contributed by atoms with E-state index < -0.39 is 0 Å². The number of ether oxygens (including phenoxy) is 3. The summed E-state index contributed by atoms with van der Waals surface area (Å²) in [5.74, 6) is 2.87. The molecule has 1 aromatic heterocycles. The minimum absolute atomic E-state index is 0.0134. The molecule has 1 atom stereocenters. The Labute approximate surface area is 180 Å². The number of piperidine rings is 1. The average molecular weight is 423 g/mol. The minimum Gasteiger partial charge on any atom is -0.497 e. The number of carbonyl (C=O) groups is 1. The lowest BCUT2D eigenvalue weighted by Gasteiger charge is -2.31. The van der Waals surface area contributed by atoms with Gasteiger partial charge in [-0.2, -0.15) is 4.98 Å². The highest BCUT2D eigenvalue weighted by molar-refractivity contribution is 5.95. The third-order valence-corrected chi connectivity index (χ3v) is 5.26. The number of methoxy groups -OCH3 is 2. The molecule has 0 aliphatic carbocycles. The van der Waals surface area contributed by atoms with Gasteiger partial charge < -0.3 is 23.6 Å². The molecular weight excluding hydrogens is 398 g/mol. The largest absolute Gasteiger partial charge is 0.497 e. The van der Waals surface area contributed by atoms with Gasteiger partial charge in [-0.05, 0) is 37.1 Å². The SMILES string of the molecule is COc1cc(OC)cc(C(=O)N2CCCC(c3noc(COc4ccccc4)n3)C2)c1. The Morgan fingerprint density at radius 3 is 2.55 bits per heavy atom. The van der Waals surface area contributed by atoms with Crippen molar-refractivity contribution in [2.75, 3.05) is 27.3 Å².